The Labute approximate surface area is 149 Å². The second kappa shape index (κ2) is 8.29. The van der Waals surface area contributed by atoms with E-state index in [-0.39, 0.29) is 5.91 Å². The summed E-state index contributed by atoms with van der Waals surface area (Å²) in [6.07, 6.45) is 9.68. The van der Waals surface area contributed by atoms with E-state index in [2.05, 4.69) is 15.4 Å². The molecule has 7 nitrogen and oxygen atoms in total. The summed E-state index contributed by atoms with van der Waals surface area (Å²) in [4.78, 5) is 18.7. The van der Waals surface area contributed by atoms with Crippen LogP contribution in [0.4, 0.5) is 0 Å². The number of likely N-dealkylation sites (N-methyl/N-ethyl adjacent to an activating group) is 1. The van der Waals surface area contributed by atoms with Crippen LogP contribution in [0, 0.1) is 0 Å². The van der Waals surface area contributed by atoms with Gasteiger partial charge in [0, 0.05) is 63.8 Å². The van der Waals surface area contributed by atoms with Gasteiger partial charge in [-0.25, -0.2) is 4.98 Å². The van der Waals surface area contributed by atoms with E-state index in [9.17, 15) is 4.79 Å². The molecule has 3 rings (SSSR count). The van der Waals surface area contributed by atoms with Crippen molar-refractivity contribution in [3.8, 4) is 0 Å². The van der Waals surface area contributed by atoms with Crippen molar-refractivity contribution < 1.29 is 4.79 Å². The molecule has 25 heavy (non-hydrogen) atoms. The number of carbonyl (C=O) groups is 1. The number of nitrogens with zero attached hydrogens (tertiary/aromatic N) is 5. The van der Waals surface area contributed by atoms with Crippen LogP contribution in [0.5, 0.6) is 0 Å². The van der Waals surface area contributed by atoms with Crippen LogP contribution >= 0.6 is 0 Å². The Hall–Kier alpha value is -2.15. The fraction of sp³-hybridized carbons (Fsp3) is 0.611. The standard InChI is InChI=1S/C18H28N6O/c1-22-12-10-20-17(22)6-4-11-23(2)18(25)14-24-16(7-9-21-24)15-5-3-8-19-13-15/h7,9-10,12,15,19H,3-6,8,11,13-14H2,1-2H3/t15-/m0/s1. The van der Waals surface area contributed by atoms with Crippen molar-refractivity contribution >= 4 is 5.91 Å². The molecular formula is C18H28N6O. The van der Waals surface area contributed by atoms with E-state index in [4.69, 9.17) is 0 Å². The molecule has 0 aliphatic carbocycles. The molecule has 7 heteroatoms. The maximum absolute atomic E-state index is 12.5. The average molecular weight is 344 g/mol. The zero-order chi connectivity index (χ0) is 17.6. The third-order valence-corrected chi connectivity index (χ3v) is 4.99. The molecule has 0 spiro atoms. The largest absolute Gasteiger partial charge is 0.344 e. The molecule has 136 valence electrons. The van der Waals surface area contributed by atoms with Crippen molar-refractivity contribution in [3.63, 3.8) is 0 Å². The molecule has 0 unspecified atom stereocenters. The van der Waals surface area contributed by atoms with Gasteiger partial charge in [-0.15, -0.1) is 0 Å². The Morgan fingerprint density at radius 2 is 2.32 bits per heavy atom. The number of aromatic nitrogens is 4. The normalized spacial score (nSPS) is 17.6. The van der Waals surface area contributed by atoms with Crippen molar-refractivity contribution in [2.45, 2.75) is 38.1 Å². The van der Waals surface area contributed by atoms with Gasteiger partial charge in [0.2, 0.25) is 5.91 Å². The lowest BCUT2D eigenvalue weighted by Gasteiger charge is -2.24. The molecule has 0 bridgehead atoms. The molecule has 0 radical (unpaired) electrons. The molecule has 1 atom stereocenters. The first kappa shape index (κ1) is 17.7. The SMILES string of the molecule is CN(CCCc1nccn1C)C(=O)Cn1nccc1[C@H]1CCCNC1. The summed E-state index contributed by atoms with van der Waals surface area (Å²) in [6, 6.07) is 2.05. The lowest BCUT2D eigenvalue weighted by atomic mass is 9.96. The van der Waals surface area contributed by atoms with Gasteiger partial charge in [-0.2, -0.15) is 5.10 Å². The van der Waals surface area contributed by atoms with E-state index < -0.39 is 0 Å². The van der Waals surface area contributed by atoms with Crippen LogP contribution in [-0.2, 0) is 24.8 Å². The molecule has 1 N–H and O–H groups in total. The number of piperidine rings is 1. The summed E-state index contributed by atoms with van der Waals surface area (Å²) in [5.74, 6) is 1.62. The van der Waals surface area contributed by atoms with Crippen molar-refractivity contribution in [2.75, 3.05) is 26.7 Å². The monoisotopic (exact) mass is 344 g/mol. The lowest BCUT2D eigenvalue weighted by molar-refractivity contribution is -0.130. The zero-order valence-electron chi connectivity index (χ0n) is 15.2. The van der Waals surface area contributed by atoms with E-state index in [0.29, 0.717) is 12.5 Å². The van der Waals surface area contributed by atoms with E-state index in [0.717, 1.165) is 44.7 Å². The van der Waals surface area contributed by atoms with Gasteiger partial charge in [-0.05, 0) is 31.9 Å². The van der Waals surface area contributed by atoms with Crippen LogP contribution in [0.3, 0.4) is 0 Å². The molecule has 1 amide bonds. The van der Waals surface area contributed by atoms with Crippen molar-refractivity contribution in [1.29, 1.82) is 0 Å². The molecule has 1 aliphatic rings. The number of hydrogen-bond donors (Lipinski definition) is 1. The van der Waals surface area contributed by atoms with Crippen LogP contribution in [0.15, 0.2) is 24.7 Å². The molecule has 1 fully saturated rings. The predicted octanol–water partition coefficient (Wildman–Crippen LogP) is 1.17. The third-order valence-electron chi connectivity index (χ3n) is 4.99. The highest BCUT2D eigenvalue weighted by Crippen LogP contribution is 2.22. The van der Waals surface area contributed by atoms with E-state index in [1.54, 1.807) is 11.1 Å². The van der Waals surface area contributed by atoms with Crippen molar-refractivity contribution in [2.24, 2.45) is 7.05 Å². The van der Waals surface area contributed by atoms with Crippen LogP contribution in [-0.4, -0.2) is 56.8 Å². The minimum absolute atomic E-state index is 0.105. The molecule has 0 saturated carbocycles. The van der Waals surface area contributed by atoms with E-state index >= 15 is 0 Å². The first-order valence-electron chi connectivity index (χ1n) is 9.07. The molecule has 2 aromatic rings. The molecule has 2 aromatic heterocycles. The second-order valence-electron chi connectivity index (χ2n) is 6.83. The fourth-order valence-corrected chi connectivity index (χ4v) is 3.41. The quantitative estimate of drug-likeness (QED) is 0.819. The number of carbonyl (C=O) groups excluding carboxylic acids is 1. The second-order valence-corrected chi connectivity index (χ2v) is 6.83. The average Bonchev–Trinajstić information content (AvgIpc) is 3.25. The summed E-state index contributed by atoms with van der Waals surface area (Å²) in [5, 5.41) is 7.80. The molecule has 3 heterocycles. The van der Waals surface area contributed by atoms with E-state index in [1.807, 2.05) is 41.8 Å². The molecular weight excluding hydrogens is 316 g/mol. The number of aryl methyl sites for hydroxylation is 2. The van der Waals surface area contributed by atoms with Crippen LogP contribution in [0.25, 0.3) is 0 Å². The number of nitrogens with one attached hydrogen (secondary N) is 1. The van der Waals surface area contributed by atoms with Crippen LogP contribution in [0.2, 0.25) is 0 Å². The van der Waals surface area contributed by atoms with Gasteiger partial charge in [0.05, 0.1) is 0 Å². The van der Waals surface area contributed by atoms with Crippen molar-refractivity contribution in [3.05, 3.63) is 36.2 Å². The summed E-state index contributed by atoms with van der Waals surface area (Å²) in [6.45, 7) is 3.10. The Morgan fingerprint density at radius 3 is 3.04 bits per heavy atom. The molecule has 0 aromatic carbocycles. The van der Waals surface area contributed by atoms with Gasteiger partial charge < -0.3 is 14.8 Å². The van der Waals surface area contributed by atoms with Gasteiger partial charge in [0.15, 0.2) is 0 Å². The van der Waals surface area contributed by atoms with Gasteiger partial charge in [0.25, 0.3) is 0 Å². The van der Waals surface area contributed by atoms with Crippen molar-refractivity contribution in [1.82, 2.24) is 29.5 Å². The minimum atomic E-state index is 0.105. The first-order valence-corrected chi connectivity index (χ1v) is 9.07. The summed E-state index contributed by atoms with van der Waals surface area (Å²) in [7, 11) is 3.86. The maximum atomic E-state index is 12.5. The predicted molar refractivity (Wildman–Crippen MR) is 96.2 cm³/mol. The Balaban J connectivity index is 1.50. The number of rotatable bonds is 7. The lowest BCUT2D eigenvalue weighted by Crippen LogP contribution is -2.34. The topological polar surface area (TPSA) is 68.0 Å². The van der Waals surface area contributed by atoms with Crippen LogP contribution in [0.1, 0.15) is 36.7 Å². The fourth-order valence-electron chi connectivity index (χ4n) is 3.41. The summed E-state index contributed by atoms with van der Waals surface area (Å²) >= 11 is 0. The highest BCUT2D eigenvalue weighted by Gasteiger charge is 2.20. The molecule has 1 aliphatic heterocycles. The van der Waals surface area contributed by atoms with E-state index in [1.165, 1.54) is 12.1 Å². The number of imidazole rings is 1. The summed E-state index contributed by atoms with van der Waals surface area (Å²) in [5.41, 5.74) is 1.17. The maximum Gasteiger partial charge on any atom is 0.244 e. The highest BCUT2D eigenvalue weighted by molar-refractivity contribution is 5.75. The van der Waals surface area contributed by atoms with Gasteiger partial charge in [-0.3, -0.25) is 9.48 Å². The third kappa shape index (κ3) is 4.48. The van der Waals surface area contributed by atoms with Gasteiger partial charge in [-0.1, -0.05) is 0 Å². The smallest absolute Gasteiger partial charge is 0.244 e. The Morgan fingerprint density at radius 1 is 1.44 bits per heavy atom. The zero-order valence-corrected chi connectivity index (χ0v) is 15.2. The minimum Gasteiger partial charge on any atom is -0.344 e. The number of amides is 1. The van der Waals surface area contributed by atoms with Gasteiger partial charge in [0.1, 0.15) is 12.4 Å². The highest BCUT2D eigenvalue weighted by atomic mass is 16.2. The summed E-state index contributed by atoms with van der Waals surface area (Å²) < 4.78 is 3.89. The van der Waals surface area contributed by atoms with Crippen LogP contribution < -0.4 is 5.32 Å². The molecule has 1 saturated heterocycles. The number of hydrogen-bond acceptors (Lipinski definition) is 4. The Kier molecular flexibility index (Phi) is 5.86. The van der Waals surface area contributed by atoms with Gasteiger partial charge >= 0.3 is 0 Å². The Bertz CT molecular complexity index is 685. The first-order chi connectivity index (χ1) is 12.1.